The number of rotatable bonds is 3. The molecule has 2 rings (SSSR count). The van der Waals surface area contributed by atoms with Crippen LogP contribution >= 0.6 is 12.4 Å². The van der Waals surface area contributed by atoms with Gasteiger partial charge in [-0.25, -0.2) is 18.1 Å². The summed E-state index contributed by atoms with van der Waals surface area (Å²) in [6, 6.07) is 4.67. The second-order valence-electron chi connectivity index (χ2n) is 3.78. The number of sulfonamides is 1. The lowest BCUT2D eigenvalue weighted by atomic mass is 10.3. The van der Waals surface area contributed by atoms with Crippen molar-refractivity contribution in [3.63, 3.8) is 0 Å². The van der Waals surface area contributed by atoms with Gasteiger partial charge in [0.2, 0.25) is 0 Å². The SMILES string of the molecule is Cl.N#Cc1cccnc1S(=O)(=O)N[C@@H]1CCNC1. The molecule has 2 N–H and O–H groups in total. The van der Waals surface area contributed by atoms with Gasteiger partial charge in [0.15, 0.2) is 5.03 Å². The van der Waals surface area contributed by atoms with Crippen LogP contribution in [0.3, 0.4) is 0 Å². The lowest BCUT2D eigenvalue weighted by Gasteiger charge is -2.11. The molecule has 0 aromatic carbocycles. The molecule has 8 heteroatoms. The van der Waals surface area contributed by atoms with Crippen molar-refractivity contribution in [1.82, 2.24) is 15.0 Å². The minimum atomic E-state index is -3.71. The van der Waals surface area contributed by atoms with Crippen LogP contribution in [-0.4, -0.2) is 32.5 Å². The fraction of sp³-hybridized carbons (Fsp3) is 0.400. The van der Waals surface area contributed by atoms with Crippen LogP contribution in [-0.2, 0) is 10.0 Å². The Hall–Kier alpha value is -1.20. The standard InChI is InChI=1S/C10H12N4O2S.ClH/c11-6-8-2-1-4-13-10(8)17(15,16)14-9-3-5-12-7-9;/h1-2,4,9,12,14H,3,5,7H2;1H/t9-;/m1./s1. The van der Waals surface area contributed by atoms with Gasteiger partial charge in [0.25, 0.3) is 10.0 Å². The number of aromatic nitrogens is 1. The second kappa shape index (κ2) is 6.11. The summed E-state index contributed by atoms with van der Waals surface area (Å²) in [6.07, 6.45) is 2.11. The van der Waals surface area contributed by atoms with Gasteiger partial charge in [-0.05, 0) is 25.1 Å². The highest BCUT2D eigenvalue weighted by Crippen LogP contribution is 2.12. The fourth-order valence-corrected chi connectivity index (χ4v) is 3.07. The van der Waals surface area contributed by atoms with E-state index < -0.39 is 10.0 Å². The highest BCUT2D eigenvalue weighted by Gasteiger charge is 2.25. The second-order valence-corrected chi connectivity index (χ2v) is 5.41. The van der Waals surface area contributed by atoms with E-state index in [0.29, 0.717) is 6.54 Å². The first-order chi connectivity index (χ1) is 8.13. The van der Waals surface area contributed by atoms with Crippen molar-refractivity contribution >= 4 is 22.4 Å². The Morgan fingerprint density at radius 2 is 2.33 bits per heavy atom. The third kappa shape index (κ3) is 3.17. The number of hydrogen-bond donors (Lipinski definition) is 2. The highest BCUT2D eigenvalue weighted by atomic mass is 35.5. The van der Waals surface area contributed by atoms with Crippen molar-refractivity contribution in [2.24, 2.45) is 0 Å². The Morgan fingerprint density at radius 1 is 1.56 bits per heavy atom. The third-order valence-electron chi connectivity index (χ3n) is 2.53. The van der Waals surface area contributed by atoms with E-state index in [2.05, 4.69) is 15.0 Å². The van der Waals surface area contributed by atoms with Gasteiger partial charge in [0.05, 0.1) is 5.56 Å². The molecule has 1 aliphatic heterocycles. The highest BCUT2D eigenvalue weighted by molar-refractivity contribution is 7.89. The maximum absolute atomic E-state index is 12.0. The number of pyridine rings is 1. The molecule has 1 fully saturated rings. The molecule has 1 aliphatic rings. The van der Waals surface area contributed by atoms with Gasteiger partial charge < -0.3 is 5.32 Å². The summed E-state index contributed by atoms with van der Waals surface area (Å²) in [5.41, 5.74) is 0.0611. The molecule has 0 unspecified atom stereocenters. The van der Waals surface area contributed by atoms with Crippen LogP contribution in [0.2, 0.25) is 0 Å². The maximum Gasteiger partial charge on any atom is 0.259 e. The molecular weight excluding hydrogens is 276 g/mol. The molecule has 1 aromatic heterocycles. The summed E-state index contributed by atoms with van der Waals surface area (Å²) in [5.74, 6) is 0. The molecular formula is C10H13ClN4O2S. The summed E-state index contributed by atoms with van der Waals surface area (Å²) in [7, 11) is -3.71. The summed E-state index contributed by atoms with van der Waals surface area (Å²) < 4.78 is 26.6. The predicted molar refractivity (Wildman–Crippen MR) is 67.8 cm³/mol. The van der Waals surface area contributed by atoms with Crippen LogP contribution in [0.5, 0.6) is 0 Å². The molecule has 6 nitrogen and oxygen atoms in total. The largest absolute Gasteiger partial charge is 0.315 e. The first kappa shape index (κ1) is 14.9. The van der Waals surface area contributed by atoms with Gasteiger partial charge in [0.1, 0.15) is 6.07 Å². The van der Waals surface area contributed by atoms with E-state index in [1.54, 1.807) is 0 Å². The molecule has 0 spiro atoms. The van der Waals surface area contributed by atoms with E-state index in [9.17, 15) is 8.42 Å². The Labute approximate surface area is 112 Å². The average Bonchev–Trinajstić information content (AvgIpc) is 2.81. The molecule has 0 aliphatic carbocycles. The first-order valence-electron chi connectivity index (χ1n) is 5.21. The van der Waals surface area contributed by atoms with Gasteiger partial charge in [-0.1, -0.05) is 0 Å². The normalized spacial score (nSPS) is 18.9. The van der Waals surface area contributed by atoms with Gasteiger partial charge >= 0.3 is 0 Å². The van der Waals surface area contributed by atoms with Gasteiger partial charge in [-0.15, -0.1) is 12.4 Å². The molecule has 1 aromatic rings. The quantitative estimate of drug-likeness (QED) is 0.817. The maximum atomic E-state index is 12.0. The lowest BCUT2D eigenvalue weighted by molar-refractivity contribution is 0.556. The minimum absolute atomic E-state index is 0. The van der Waals surface area contributed by atoms with Crippen molar-refractivity contribution in [3.05, 3.63) is 23.9 Å². The zero-order chi connectivity index (χ0) is 12.3. The van der Waals surface area contributed by atoms with Crippen molar-refractivity contribution in [2.75, 3.05) is 13.1 Å². The zero-order valence-electron chi connectivity index (χ0n) is 9.46. The van der Waals surface area contributed by atoms with E-state index in [1.165, 1.54) is 18.3 Å². The molecule has 1 saturated heterocycles. The summed E-state index contributed by atoms with van der Waals surface area (Å²) >= 11 is 0. The van der Waals surface area contributed by atoms with Gasteiger partial charge in [0, 0.05) is 18.8 Å². The van der Waals surface area contributed by atoms with Crippen molar-refractivity contribution in [3.8, 4) is 6.07 Å². The van der Waals surface area contributed by atoms with Gasteiger partial charge in [-0.2, -0.15) is 5.26 Å². The Morgan fingerprint density at radius 3 is 2.94 bits per heavy atom. The molecule has 98 valence electrons. The Bertz CT molecular complexity index is 549. The van der Waals surface area contributed by atoms with Crippen molar-refractivity contribution in [1.29, 1.82) is 5.26 Å². The molecule has 0 saturated carbocycles. The van der Waals surface area contributed by atoms with E-state index >= 15 is 0 Å². The zero-order valence-corrected chi connectivity index (χ0v) is 11.1. The van der Waals surface area contributed by atoms with Crippen LogP contribution < -0.4 is 10.0 Å². The number of halogens is 1. The first-order valence-corrected chi connectivity index (χ1v) is 6.70. The number of nitrogens with zero attached hydrogens (tertiary/aromatic N) is 2. The smallest absolute Gasteiger partial charge is 0.259 e. The molecule has 0 bridgehead atoms. The Kier molecular flexibility index (Phi) is 5.04. The predicted octanol–water partition coefficient (Wildman–Crippen LogP) is 0.0153. The lowest BCUT2D eigenvalue weighted by Crippen LogP contribution is -2.36. The van der Waals surface area contributed by atoms with Crippen LogP contribution in [0.1, 0.15) is 12.0 Å². The minimum Gasteiger partial charge on any atom is -0.315 e. The topological polar surface area (TPSA) is 94.9 Å². The van der Waals surface area contributed by atoms with E-state index in [0.717, 1.165) is 13.0 Å². The van der Waals surface area contributed by atoms with Gasteiger partial charge in [-0.3, -0.25) is 0 Å². The number of nitriles is 1. The van der Waals surface area contributed by atoms with Crippen LogP contribution in [0.15, 0.2) is 23.4 Å². The Balaban J connectivity index is 0.00000162. The summed E-state index contributed by atoms with van der Waals surface area (Å²) in [6.45, 7) is 1.40. The molecule has 18 heavy (non-hydrogen) atoms. The monoisotopic (exact) mass is 288 g/mol. The van der Waals surface area contributed by atoms with Crippen molar-refractivity contribution in [2.45, 2.75) is 17.5 Å². The van der Waals surface area contributed by atoms with Crippen LogP contribution in [0.4, 0.5) is 0 Å². The number of nitrogens with one attached hydrogen (secondary N) is 2. The fourth-order valence-electron chi connectivity index (χ4n) is 1.72. The van der Waals surface area contributed by atoms with Crippen LogP contribution in [0.25, 0.3) is 0 Å². The number of hydrogen-bond acceptors (Lipinski definition) is 5. The summed E-state index contributed by atoms with van der Waals surface area (Å²) in [4.78, 5) is 3.77. The molecule has 2 heterocycles. The third-order valence-corrected chi connectivity index (χ3v) is 4.01. The van der Waals surface area contributed by atoms with Crippen LogP contribution in [0, 0.1) is 11.3 Å². The van der Waals surface area contributed by atoms with E-state index in [-0.39, 0.29) is 29.0 Å². The van der Waals surface area contributed by atoms with E-state index in [4.69, 9.17) is 5.26 Å². The molecule has 1 atom stereocenters. The summed E-state index contributed by atoms with van der Waals surface area (Å²) in [5, 5.41) is 11.7. The molecule has 0 radical (unpaired) electrons. The molecule has 0 amide bonds. The van der Waals surface area contributed by atoms with E-state index in [1.807, 2.05) is 6.07 Å². The van der Waals surface area contributed by atoms with Crippen molar-refractivity contribution < 1.29 is 8.42 Å². The average molecular weight is 289 g/mol.